The van der Waals surface area contributed by atoms with Crippen LogP contribution in [0.5, 0.6) is 0 Å². The first-order valence-corrected chi connectivity index (χ1v) is 9.34. The lowest BCUT2D eigenvalue weighted by Crippen LogP contribution is -2.76. The van der Waals surface area contributed by atoms with Crippen molar-refractivity contribution in [1.82, 2.24) is 5.32 Å². The van der Waals surface area contributed by atoms with Crippen molar-refractivity contribution in [3.05, 3.63) is 24.0 Å². The first kappa shape index (κ1) is 16.6. The molecule has 0 aromatic rings. The van der Waals surface area contributed by atoms with Gasteiger partial charge in [-0.3, -0.25) is 4.79 Å². The highest BCUT2D eigenvalue weighted by atomic mass is 16.5. The fourth-order valence-electron chi connectivity index (χ4n) is 5.20. The molecule has 1 amide bonds. The number of carbonyl (C=O) groups excluding carboxylic acids is 1. The van der Waals surface area contributed by atoms with Gasteiger partial charge in [-0.1, -0.05) is 31.8 Å². The van der Waals surface area contributed by atoms with Crippen LogP contribution in [0.1, 0.15) is 71.6 Å². The molecule has 4 aliphatic rings. The summed E-state index contributed by atoms with van der Waals surface area (Å²) in [6, 6.07) is 0. The van der Waals surface area contributed by atoms with Crippen molar-refractivity contribution in [3.8, 4) is 0 Å². The second-order valence-corrected chi connectivity index (χ2v) is 7.89. The van der Waals surface area contributed by atoms with E-state index in [1.807, 2.05) is 32.1 Å². The predicted octanol–water partition coefficient (Wildman–Crippen LogP) is 4.49. The number of ether oxygens (including phenoxy) is 1. The predicted molar refractivity (Wildman–Crippen MR) is 92.9 cm³/mol. The molecule has 4 aliphatic carbocycles. The molecule has 3 nitrogen and oxygen atoms in total. The van der Waals surface area contributed by atoms with Gasteiger partial charge >= 0.3 is 0 Å². The molecule has 128 valence electrons. The minimum atomic E-state index is 0.0306. The first-order chi connectivity index (χ1) is 11.1. The largest absolute Gasteiger partial charge is 0.484 e. The summed E-state index contributed by atoms with van der Waals surface area (Å²) in [6.45, 7) is 3.99. The quantitative estimate of drug-likeness (QED) is 0.445. The summed E-state index contributed by atoms with van der Waals surface area (Å²) in [7, 11) is 0. The molecule has 3 heteroatoms. The molecule has 0 aliphatic heterocycles. The Kier molecular flexibility index (Phi) is 4.84. The Balaban J connectivity index is 1.42. The van der Waals surface area contributed by atoms with Crippen LogP contribution < -0.4 is 5.32 Å². The molecule has 4 fully saturated rings. The zero-order chi connectivity index (χ0) is 16.3. The first-order valence-electron chi connectivity index (χ1n) is 9.34. The van der Waals surface area contributed by atoms with Crippen LogP contribution in [0, 0.1) is 11.3 Å². The number of carbonyl (C=O) groups is 1. The molecule has 0 heterocycles. The van der Waals surface area contributed by atoms with E-state index in [-0.39, 0.29) is 18.1 Å². The van der Waals surface area contributed by atoms with E-state index in [1.165, 1.54) is 57.8 Å². The molecular weight excluding hydrogens is 286 g/mol. The maximum absolute atomic E-state index is 12.1. The highest BCUT2D eigenvalue weighted by molar-refractivity contribution is 5.79. The summed E-state index contributed by atoms with van der Waals surface area (Å²) in [5.41, 5.74) is 0.696. The van der Waals surface area contributed by atoms with Gasteiger partial charge in [0.05, 0.1) is 0 Å². The molecule has 0 aromatic heterocycles. The Morgan fingerprint density at radius 2 is 1.78 bits per heavy atom. The summed E-state index contributed by atoms with van der Waals surface area (Å²) in [5, 5.41) is 3.24. The Morgan fingerprint density at radius 3 is 2.35 bits per heavy atom. The Labute approximate surface area is 140 Å². The zero-order valence-corrected chi connectivity index (χ0v) is 14.7. The minimum absolute atomic E-state index is 0.0306. The highest BCUT2D eigenvalue weighted by Gasteiger charge is 2.70. The monoisotopic (exact) mass is 317 g/mol. The van der Waals surface area contributed by atoms with Crippen molar-refractivity contribution in [2.75, 3.05) is 6.61 Å². The van der Waals surface area contributed by atoms with Gasteiger partial charge in [0.1, 0.15) is 5.76 Å². The number of hydrogen-bond donors (Lipinski definition) is 1. The van der Waals surface area contributed by atoms with E-state index < -0.39 is 0 Å². The van der Waals surface area contributed by atoms with Crippen LogP contribution in [0.15, 0.2) is 24.0 Å². The van der Waals surface area contributed by atoms with Crippen LogP contribution >= 0.6 is 0 Å². The molecule has 4 saturated carbocycles. The normalized spacial score (nSPS) is 34.4. The van der Waals surface area contributed by atoms with Gasteiger partial charge in [-0.05, 0) is 69.4 Å². The van der Waals surface area contributed by atoms with Crippen molar-refractivity contribution in [2.45, 2.75) is 77.2 Å². The Morgan fingerprint density at radius 1 is 1.13 bits per heavy atom. The van der Waals surface area contributed by atoms with Crippen molar-refractivity contribution < 1.29 is 9.53 Å². The van der Waals surface area contributed by atoms with Crippen molar-refractivity contribution in [3.63, 3.8) is 0 Å². The SMILES string of the molecule is C/C=C\C(=C/C)OCC(=O)NC12CC(C3CCCCCC3)(C1)C2. The Bertz CT molecular complexity index is 478. The number of amides is 1. The number of allylic oxidation sites excluding steroid dienone is 3. The van der Waals surface area contributed by atoms with E-state index in [4.69, 9.17) is 4.74 Å². The lowest BCUT2D eigenvalue weighted by atomic mass is 9.35. The topological polar surface area (TPSA) is 38.3 Å². The van der Waals surface area contributed by atoms with Crippen LogP contribution in [0.2, 0.25) is 0 Å². The number of hydrogen-bond acceptors (Lipinski definition) is 2. The van der Waals surface area contributed by atoms with E-state index in [9.17, 15) is 4.79 Å². The summed E-state index contributed by atoms with van der Waals surface area (Å²) >= 11 is 0. The maximum Gasteiger partial charge on any atom is 0.258 e. The van der Waals surface area contributed by atoms with Crippen molar-refractivity contribution in [1.29, 1.82) is 0 Å². The fraction of sp³-hybridized carbons (Fsp3) is 0.750. The van der Waals surface area contributed by atoms with E-state index in [1.54, 1.807) is 0 Å². The van der Waals surface area contributed by atoms with Gasteiger partial charge in [-0.2, -0.15) is 0 Å². The second-order valence-electron chi connectivity index (χ2n) is 7.89. The van der Waals surface area contributed by atoms with Gasteiger partial charge in [0.15, 0.2) is 6.61 Å². The molecule has 2 bridgehead atoms. The van der Waals surface area contributed by atoms with E-state index >= 15 is 0 Å². The second kappa shape index (κ2) is 6.70. The van der Waals surface area contributed by atoms with Gasteiger partial charge in [-0.15, -0.1) is 0 Å². The molecule has 0 atom stereocenters. The molecule has 23 heavy (non-hydrogen) atoms. The third-order valence-corrected chi connectivity index (χ3v) is 6.18. The van der Waals surface area contributed by atoms with Crippen molar-refractivity contribution >= 4 is 5.91 Å². The summed E-state index contributed by atoms with van der Waals surface area (Å²) in [5.74, 6) is 1.71. The third-order valence-electron chi connectivity index (χ3n) is 6.18. The average Bonchev–Trinajstić information content (AvgIpc) is 2.74. The van der Waals surface area contributed by atoms with Crippen LogP contribution in [0.3, 0.4) is 0 Å². The van der Waals surface area contributed by atoms with Gasteiger partial charge in [0.25, 0.3) is 5.91 Å². The lowest BCUT2D eigenvalue weighted by molar-refractivity contribution is -0.197. The molecule has 0 radical (unpaired) electrons. The van der Waals surface area contributed by atoms with Gasteiger partial charge < -0.3 is 10.1 Å². The van der Waals surface area contributed by atoms with Gasteiger partial charge in [0, 0.05) is 5.54 Å². The fourth-order valence-corrected chi connectivity index (χ4v) is 5.20. The molecule has 4 rings (SSSR count). The smallest absolute Gasteiger partial charge is 0.258 e. The van der Waals surface area contributed by atoms with E-state index in [2.05, 4.69) is 5.32 Å². The van der Waals surface area contributed by atoms with Gasteiger partial charge in [-0.25, -0.2) is 0 Å². The average molecular weight is 317 g/mol. The van der Waals surface area contributed by atoms with Crippen LogP contribution in [0.4, 0.5) is 0 Å². The summed E-state index contributed by atoms with van der Waals surface area (Å²) < 4.78 is 5.55. The number of nitrogens with one attached hydrogen (secondary N) is 1. The maximum atomic E-state index is 12.1. The molecule has 0 unspecified atom stereocenters. The molecule has 0 spiro atoms. The summed E-state index contributed by atoms with van der Waals surface area (Å²) in [6.07, 6.45) is 17.8. The van der Waals surface area contributed by atoms with Crippen molar-refractivity contribution in [2.24, 2.45) is 11.3 Å². The molecular formula is C20H31NO2. The minimum Gasteiger partial charge on any atom is -0.484 e. The van der Waals surface area contributed by atoms with Gasteiger partial charge in [0.2, 0.25) is 0 Å². The van der Waals surface area contributed by atoms with E-state index in [0.717, 1.165) is 11.7 Å². The molecule has 0 saturated heterocycles. The van der Waals surface area contributed by atoms with E-state index in [0.29, 0.717) is 5.41 Å². The molecule has 0 aromatic carbocycles. The highest BCUT2D eigenvalue weighted by Crippen LogP contribution is 2.72. The third kappa shape index (κ3) is 3.34. The standard InChI is InChI=1S/C20H31NO2/c1-3-9-17(4-2)23-12-18(22)21-20-13-19(14-20,15-20)16-10-7-5-6-8-11-16/h3-4,9,16H,5-8,10-15H2,1-2H3,(H,21,22)/b9-3-,17-4+. The van der Waals surface area contributed by atoms with Crippen LogP contribution in [0.25, 0.3) is 0 Å². The summed E-state index contributed by atoms with van der Waals surface area (Å²) in [4.78, 5) is 12.1. The zero-order valence-electron chi connectivity index (χ0n) is 14.7. The number of rotatable bonds is 6. The van der Waals surface area contributed by atoms with Crippen LogP contribution in [-0.2, 0) is 9.53 Å². The molecule has 1 N–H and O–H groups in total. The Hall–Kier alpha value is -1.25. The van der Waals surface area contributed by atoms with Crippen LogP contribution in [-0.4, -0.2) is 18.1 Å². The lowest BCUT2D eigenvalue weighted by Gasteiger charge is -2.73.